The zero-order valence-electron chi connectivity index (χ0n) is 27.0. The number of hydrogen-bond acceptors (Lipinski definition) is 9. The lowest BCUT2D eigenvalue weighted by atomic mass is 9.81. The Morgan fingerprint density at radius 2 is 1.69 bits per heavy atom. The number of carbonyl (C=O) groups is 2. The van der Waals surface area contributed by atoms with Crippen molar-refractivity contribution in [2.24, 2.45) is 17.6 Å². The van der Waals surface area contributed by atoms with Crippen molar-refractivity contribution in [1.29, 1.82) is 0 Å². The van der Waals surface area contributed by atoms with Crippen LogP contribution in [0.3, 0.4) is 0 Å². The first-order chi connectivity index (χ1) is 23.3. The van der Waals surface area contributed by atoms with Gasteiger partial charge in [-0.3, -0.25) is 9.59 Å². The van der Waals surface area contributed by atoms with Crippen LogP contribution in [-0.4, -0.2) is 84.1 Å². The zero-order chi connectivity index (χ0) is 33.5. The van der Waals surface area contributed by atoms with Crippen LogP contribution in [0.2, 0.25) is 0 Å². The molecule has 2 aliphatic rings. The van der Waals surface area contributed by atoms with Crippen LogP contribution in [0.25, 0.3) is 22.5 Å². The van der Waals surface area contributed by atoms with Gasteiger partial charge in [-0.2, -0.15) is 9.52 Å². The summed E-state index contributed by atoms with van der Waals surface area (Å²) in [6.07, 6.45) is 3.41. The maximum absolute atomic E-state index is 13.8. The molecule has 2 amide bonds. The van der Waals surface area contributed by atoms with Crippen molar-refractivity contribution in [2.75, 3.05) is 38.2 Å². The Balaban J connectivity index is 0.00000468. The van der Waals surface area contributed by atoms with Crippen LogP contribution < -0.4 is 16.4 Å². The van der Waals surface area contributed by atoms with Crippen molar-refractivity contribution in [3.8, 4) is 22.5 Å². The molecule has 15 heteroatoms. The molecule has 1 atom stereocenters. The van der Waals surface area contributed by atoms with Gasteiger partial charge in [0.1, 0.15) is 6.04 Å². The molecule has 13 nitrogen and oxygen atoms in total. The van der Waals surface area contributed by atoms with Crippen LogP contribution >= 0.6 is 12.4 Å². The molecule has 0 bridgehead atoms. The number of amides is 2. The summed E-state index contributed by atoms with van der Waals surface area (Å²) in [5.41, 5.74) is 9.17. The van der Waals surface area contributed by atoms with Crippen molar-refractivity contribution in [3.63, 3.8) is 0 Å². The van der Waals surface area contributed by atoms with Gasteiger partial charge in [0, 0.05) is 42.2 Å². The maximum atomic E-state index is 13.8. The third-order valence-corrected chi connectivity index (χ3v) is 11.0. The van der Waals surface area contributed by atoms with E-state index in [1.807, 2.05) is 24.3 Å². The smallest absolute Gasteiger partial charge is 0.247 e. The summed E-state index contributed by atoms with van der Waals surface area (Å²) >= 11 is 0. The fourth-order valence-corrected chi connectivity index (χ4v) is 7.96. The van der Waals surface area contributed by atoms with Crippen LogP contribution in [0.1, 0.15) is 31.2 Å². The van der Waals surface area contributed by atoms with Gasteiger partial charge in [0.2, 0.25) is 27.7 Å². The highest BCUT2D eigenvalue weighted by Gasteiger charge is 2.31. The lowest BCUT2D eigenvalue weighted by Gasteiger charge is -2.28. The molecule has 1 aliphatic heterocycles. The topological polar surface area (TPSA) is 185 Å². The lowest BCUT2D eigenvalue weighted by Crippen LogP contribution is -2.48. The molecule has 260 valence electrons. The summed E-state index contributed by atoms with van der Waals surface area (Å²) in [6, 6.07) is 20.5. The van der Waals surface area contributed by atoms with Gasteiger partial charge in [-0.05, 0) is 84.8 Å². The van der Waals surface area contributed by atoms with E-state index in [1.165, 1.54) is 4.31 Å². The second-order valence-electron chi connectivity index (χ2n) is 12.2. The average Bonchev–Trinajstić information content (AvgIpc) is 3.67. The number of hydrogen-bond donors (Lipinski definition) is 4. The number of halogens is 1. The van der Waals surface area contributed by atoms with Crippen molar-refractivity contribution in [3.05, 3.63) is 78.4 Å². The molecule has 1 saturated carbocycles. The van der Waals surface area contributed by atoms with E-state index in [1.54, 1.807) is 48.5 Å². The van der Waals surface area contributed by atoms with E-state index < -0.39 is 16.1 Å². The number of rotatable bonds is 11. The minimum Gasteiger partial charge on any atom is -0.379 e. The van der Waals surface area contributed by atoms with Crippen molar-refractivity contribution >= 4 is 39.9 Å². The molecule has 49 heavy (non-hydrogen) atoms. The number of aromatic amines is 1. The van der Waals surface area contributed by atoms with Gasteiger partial charge in [-0.15, -0.1) is 22.6 Å². The molecular formula is C34H41ClN8O5S. The van der Waals surface area contributed by atoms with Gasteiger partial charge < -0.3 is 21.1 Å². The van der Waals surface area contributed by atoms with E-state index in [2.05, 4.69) is 31.3 Å². The third-order valence-electron chi connectivity index (χ3n) is 9.09. The van der Waals surface area contributed by atoms with Gasteiger partial charge in [0.15, 0.2) is 0 Å². The number of nitrogens with zero attached hydrogens (tertiary/aromatic N) is 4. The number of H-pyrrole nitrogens is 1. The van der Waals surface area contributed by atoms with Gasteiger partial charge >= 0.3 is 0 Å². The molecule has 2 fully saturated rings. The summed E-state index contributed by atoms with van der Waals surface area (Å²) in [5.74, 6) is 0.131. The zero-order valence-corrected chi connectivity index (χ0v) is 28.6. The first-order valence-electron chi connectivity index (χ1n) is 16.2. The van der Waals surface area contributed by atoms with Crippen molar-refractivity contribution in [2.45, 2.75) is 43.0 Å². The molecule has 5 N–H and O–H groups in total. The molecule has 3 aromatic carbocycles. The van der Waals surface area contributed by atoms with Crippen LogP contribution in [-0.2, 0) is 30.8 Å². The van der Waals surface area contributed by atoms with Crippen LogP contribution in [0.5, 0.6) is 0 Å². The minimum atomic E-state index is -3.77. The Bertz CT molecular complexity index is 1810. The van der Waals surface area contributed by atoms with Gasteiger partial charge in [0.25, 0.3) is 0 Å². The first kappa shape index (κ1) is 36.1. The van der Waals surface area contributed by atoms with E-state index in [-0.39, 0.29) is 41.5 Å². The third kappa shape index (κ3) is 8.69. The molecule has 0 radical (unpaired) electrons. The number of ether oxygens (including phenoxy) is 1. The van der Waals surface area contributed by atoms with E-state index >= 15 is 0 Å². The highest BCUT2D eigenvalue weighted by Crippen LogP contribution is 2.31. The van der Waals surface area contributed by atoms with Crippen LogP contribution in [0, 0.1) is 11.8 Å². The number of carbonyl (C=O) groups excluding carboxylic acids is 2. The maximum Gasteiger partial charge on any atom is 0.247 e. The predicted molar refractivity (Wildman–Crippen MR) is 187 cm³/mol. The molecule has 4 aromatic rings. The Morgan fingerprint density at radius 1 is 0.959 bits per heavy atom. The SMILES string of the molecule is Cl.NC[C@H]1CC[C@H](C(=O)N[C@@H](Cc2cccc(-c3ccccc3S(=O)(=O)N3CCOCC3)c2)C(=O)Nc2ccc(-c3nn[nH]n3)cc2)CC1. The highest BCUT2D eigenvalue weighted by molar-refractivity contribution is 7.89. The molecular weight excluding hydrogens is 668 g/mol. The molecule has 6 rings (SSSR count). The monoisotopic (exact) mass is 708 g/mol. The summed E-state index contributed by atoms with van der Waals surface area (Å²) < 4.78 is 34.1. The Morgan fingerprint density at radius 3 is 2.39 bits per heavy atom. The number of nitrogens with one attached hydrogen (secondary N) is 3. The molecule has 2 heterocycles. The van der Waals surface area contributed by atoms with Crippen molar-refractivity contribution in [1.82, 2.24) is 30.2 Å². The number of benzene rings is 3. The normalized spacial score (nSPS) is 19.0. The Kier molecular flexibility index (Phi) is 12.1. The fraction of sp³-hybridized carbons (Fsp3) is 0.382. The van der Waals surface area contributed by atoms with E-state index in [9.17, 15) is 18.0 Å². The molecule has 1 saturated heterocycles. The average molecular weight is 709 g/mol. The number of sulfonamides is 1. The summed E-state index contributed by atoms with van der Waals surface area (Å²) in [7, 11) is -3.77. The largest absolute Gasteiger partial charge is 0.379 e. The predicted octanol–water partition coefficient (Wildman–Crippen LogP) is 3.41. The quantitative estimate of drug-likeness (QED) is 0.181. The number of tetrazole rings is 1. The number of aromatic nitrogens is 4. The van der Waals surface area contributed by atoms with Crippen LogP contribution in [0.4, 0.5) is 5.69 Å². The minimum absolute atomic E-state index is 0. The first-order valence-corrected chi connectivity index (χ1v) is 17.7. The summed E-state index contributed by atoms with van der Waals surface area (Å²) in [6.45, 7) is 1.90. The number of nitrogens with two attached hydrogens (primary N) is 1. The second kappa shape index (κ2) is 16.5. The Hall–Kier alpha value is -4.21. The second-order valence-corrected chi connectivity index (χ2v) is 14.1. The Labute approximate surface area is 291 Å². The number of morpholine rings is 1. The molecule has 1 aliphatic carbocycles. The van der Waals surface area contributed by atoms with Gasteiger partial charge in [-0.25, -0.2) is 8.42 Å². The highest BCUT2D eigenvalue weighted by atomic mass is 35.5. The summed E-state index contributed by atoms with van der Waals surface area (Å²) in [5, 5.41) is 19.9. The fourth-order valence-electron chi connectivity index (χ4n) is 6.33. The van der Waals surface area contributed by atoms with E-state index in [0.29, 0.717) is 61.4 Å². The van der Waals surface area contributed by atoms with Crippen molar-refractivity contribution < 1.29 is 22.7 Å². The molecule has 0 spiro atoms. The summed E-state index contributed by atoms with van der Waals surface area (Å²) in [4.78, 5) is 27.5. The van der Waals surface area contributed by atoms with E-state index in [4.69, 9.17) is 10.5 Å². The van der Waals surface area contributed by atoms with Crippen LogP contribution in [0.15, 0.2) is 77.7 Å². The molecule has 1 aromatic heterocycles. The standard InChI is InChI=1S/C34H40N8O5S.ClH/c35-22-23-8-10-26(11-9-23)33(43)37-30(34(44)36-28-14-12-25(13-15-28)32-38-40-41-39-32)21-24-4-3-5-27(20-24)29-6-1-2-7-31(29)48(45,46)42-16-18-47-19-17-42;/h1-7,12-15,20,23,26,30H,8-11,16-19,21-22,35H2,(H,36,44)(H,37,43)(H,38,39,40,41);1H/t23-,26-,30-;/m0./s1. The number of anilines is 1. The molecule has 0 unspecified atom stereocenters. The lowest BCUT2D eigenvalue weighted by molar-refractivity contribution is -0.130. The van der Waals surface area contributed by atoms with E-state index in [0.717, 1.165) is 36.8 Å². The van der Waals surface area contributed by atoms with Gasteiger partial charge in [0.05, 0.1) is 18.1 Å². The van der Waals surface area contributed by atoms with Gasteiger partial charge in [-0.1, -0.05) is 42.5 Å².